The molecule has 2 unspecified atom stereocenters. The molecule has 0 spiro atoms. The molecule has 1 N–H and O–H groups in total. The smallest absolute Gasteiger partial charge is 0.137 e. The summed E-state index contributed by atoms with van der Waals surface area (Å²) in [6, 6.07) is 7.49. The maximum absolute atomic E-state index is 10.9. The van der Waals surface area contributed by atoms with Crippen molar-refractivity contribution in [2.24, 2.45) is 5.92 Å². The first kappa shape index (κ1) is 12.1. The van der Waals surface area contributed by atoms with E-state index in [0.29, 0.717) is 16.7 Å². The second-order valence-electron chi connectivity index (χ2n) is 5.21. The molecule has 1 aliphatic carbocycles. The van der Waals surface area contributed by atoms with Gasteiger partial charge in [0.15, 0.2) is 0 Å². The summed E-state index contributed by atoms with van der Waals surface area (Å²) in [7, 11) is 0. The monoisotopic (exact) mass is 264 g/mol. The predicted molar refractivity (Wildman–Crippen MR) is 72.8 cm³/mol. The molecule has 0 amide bonds. The van der Waals surface area contributed by atoms with E-state index >= 15 is 0 Å². The Bertz CT molecular complexity index is 575. The summed E-state index contributed by atoms with van der Waals surface area (Å²) in [6.45, 7) is 2.13. The number of rotatable bonds is 2. The van der Waals surface area contributed by atoms with Crippen LogP contribution >= 0.6 is 11.6 Å². The third-order valence-corrected chi connectivity index (χ3v) is 4.42. The first-order valence-corrected chi connectivity index (χ1v) is 6.93. The van der Waals surface area contributed by atoms with Gasteiger partial charge in [-0.2, -0.15) is 0 Å². The summed E-state index contributed by atoms with van der Waals surface area (Å²) in [6.07, 6.45) is 3.91. The third kappa shape index (κ3) is 1.75. The number of fused-ring (bicyclic) bond motifs is 1. The minimum Gasteiger partial charge on any atom is -0.458 e. The first-order chi connectivity index (χ1) is 8.63. The second-order valence-corrected chi connectivity index (χ2v) is 5.65. The molecule has 1 heterocycles. The molecule has 18 heavy (non-hydrogen) atoms. The van der Waals surface area contributed by atoms with E-state index < -0.39 is 5.60 Å². The maximum Gasteiger partial charge on any atom is 0.137 e. The molecule has 1 aliphatic rings. The summed E-state index contributed by atoms with van der Waals surface area (Å²) in [5.41, 5.74) is 0.00448. The number of halogens is 1. The number of hydrogen-bond donors (Lipinski definition) is 1. The molecule has 0 saturated heterocycles. The summed E-state index contributed by atoms with van der Waals surface area (Å²) < 4.78 is 5.83. The van der Waals surface area contributed by atoms with Crippen LogP contribution in [0.1, 0.15) is 38.4 Å². The number of hydrogen-bond acceptors (Lipinski definition) is 2. The minimum atomic E-state index is -0.791. The molecule has 2 atom stereocenters. The van der Waals surface area contributed by atoms with E-state index in [1.54, 1.807) is 0 Å². The van der Waals surface area contributed by atoms with E-state index in [-0.39, 0.29) is 0 Å². The summed E-state index contributed by atoms with van der Waals surface area (Å²) in [5, 5.41) is 12.5. The van der Waals surface area contributed by atoms with Crippen LogP contribution in [0.5, 0.6) is 0 Å². The van der Waals surface area contributed by atoms with Crippen LogP contribution < -0.4 is 0 Å². The number of aliphatic hydroxyl groups is 1. The zero-order chi connectivity index (χ0) is 12.8. The zero-order valence-electron chi connectivity index (χ0n) is 10.4. The van der Waals surface area contributed by atoms with E-state index in [4.69, 9.17) is 16.0 Å². The fourth-order valence-electron chi connectivity index (χ4n) is 3.15. The second kappa shape index (κ2) is 4.29. The summed E-state index contributed by atoms with van der Waals surface area (Å²) >= 11 is 5.97. The Morgan fingerprint density at radius 2 is 2.28 bits per heavy atom. The van der Waals surface area contributed by atoms with E-state index in [9.17, 15) is 5.11 Å². The Morgan fingerprint density at radius 3 is 3.06 bits per heavy atom. The van der Waals surface area contributed by atoms with Gasteiger partial charge in [0.2, 0.25) is 0 Å². The predicted octanol–water partition coefficient (Wildman–Crippen LogP) is 4.48. The molecule has 96 valence electrons. The average Bonchev–Trinajstić information content (AvgIpc) is 2.92. The number of benzene rings is 1. The summed E-state index contributed by atoms with van der Waals surface area (Å²) in [5.74, 6) is 0.998. The molecule has 1 fully saturated rings. The van der Waals surface area contributed by atoms with Gasteiger partial charge in [0.25, 0.3) is 0 Å². The van der Waals surface area contributed by atoms with Gasteiger partial charge in [-0.25, -0.2) is 0 Å². The lowest BCUT2D eigenvalue weighted by molar-refractivity contribution is -0.0221. The highest BCUT2D eigenvalue weighted by atomic mass is 35.5. The lowest BCUT2D eigenvalue weighted by Crippen LogP contribution is -2.29. The van der Waals surface area contributed by atoms with Gasteiger partial charge in [-0.05, 0) is 49.4 Å². The zero-order valence-corrected chi connectivity index (χ0v) is 11.2. The van der Waals surface area contributed by atoms with E-state index in [2.05, 4.69) is 6.92 Å². The van der Waals surface area contributed by atoms with Crippen LogP contribution in [0.15, 0.2) is 28.7 Å². The molecule has 3 rings (SSSR count). The highest BCUT2D eigenvalue weighted by Gasteiger charge is 2.44. The lowest BCUT2D eigenvalue weighted by atomic mass is 9.86. The molecule has 1 aromatic heterocycles. The molecular formula is C15H17ClO2. The first-order valence-electron chi connectivity index (χ1n) is 6.55. The van der Waals surface area contributed by atoms with Crippen LogP contribution in [-0.2, 0) is 5.60 Å². The van der Waals surface area contributed by atoms with Crippen LogP contribution in [0.2, 0.25) is 5.02 Å². The van der Waals surface area contributed by atoms with Crippen LogP contribution in [0.25, 0.3) is 11.0 Å². The van der Waals surface area contributed by atoms with Gasteiger partial charge in [-0.3, -0.25) is 0 Å². The molecular weight excluding hydrogens is 248 g/mol. The van der Waals surface area contributed by atoms with E-state index in [1.165, 1.54) is 0 Å². The lowest BCUT2D eigenvalue weighted by Gasteiger charge is -2.27. The normalized spacial score (nSPS) is 28.1. The van der Waals surface area contributed by atoms with Crippen molar-refractivity contribution in [3.8, 4) is 0 Å². The average molecular weight is 265 g/mol. The van der Waals surface area contributed by atoms with Crippen LogP contribution in [0.4, 0.5) is 0 Å². The largest absolute Gasteiger partial charge is 0.458 e. The Kier molecular flexibility index (Phi) is 2.87. The van der Waals surface area contributed by atoms with Crippen molar-refractivity contribution in [3.05, 3.63) is 35.0 Å². The van der Waals surface area contributed by atoms with Gasteiger partial charge in [0.1, 0.15) is 16.9 Å². The van der Waals surface area contributed by atoms with Crippen molar-refractivity contribution in [1.29, 1.82) is 0 Å². The fourth-order valence-corrected chi connectivity index (χ4v) is 3.34. The van der Waals surface area contributed by atoms with Crippen molar-refractivity contribution in [1.82, 2.24) is 0 Å². The quantitative estimate of drug-likeness (QED) is 0.867. The topological polar surface area (TPSA) is 33.4 Å². The Hall–Kier alpha value is -0.990. The minimum absolute atomic E-state index is 0.300. The van der Waals surface area contributed by atoms with E-state index in [1.807, 2.05) is 24.3 Å². The van der Waals surface area contributed by atoms with Crippen LogP contribution in [-0.4, -0.2) is 5.11 Å². The Balaban J connectivity index is 2.08. The molecule has 0 bridgehead atoms. The molecule has 0 aliphatic heterocycles. The van der Waals surface area contributed by atoms with Gasteiger partial charge in [0.05, 0.1) is 0 Å². The van der Waals surface area contributed by atoms with Gasteiger partial charge < -0.3 is 9.52 Å². The van der Waals surface area contributed by atoms with Crippen molar-refractivity contribution in [2.45, 2.75) is 38.2 Å². The highest BCUT2D eigenvalue weighted by Crippen LogP contribution is 2.46. The van der Waals surface area contributed by atoms with Gasteiger partial charge in [-0.15, -0.1) is 0 Å². The van der Waals surface area contributed by atoms with Gasteiger partial charge >= 0.3 is 0 Å². The van der Waals surface area contributed by atoms with Gasteiger partial charge in [-0.1, -0.05) is 24.9 Å². The third-order valence-electron chi connectivity index (χ3n) is 4.18. The Morgan fingerprint density at radius 1 is 1.44 bits per heavy atom. The van der Waals surface area contributed by atoms with Crippen molar-refractivity contribution < 1.29 is 9.52 Å². The van der Waals surface area contributed by atoms with Gasteiger partial charge in [0, 0.05) is 10.4 Å². The molecule has 2 nitrogen and oxygen atoms in total. The van der Waals surface area contributed by atoms with E-state index in [0.717, 1.165) is 36.7 Å². The summed E-state index contributed by atoms with van der Waals surface area (Å²) in [4.78, 5) is 0. The number of furan rings is 1. The molecule has 2 aromatic rings. The van der Waals surface area contributed by atoms with Crippen molar-refractivity contribution >= 4 is 22.6 Å². The molecule has 1 aromatic carbocycles. The Labute approximate surface area is 112 Å². The van der Waals surface area contributed by atoms with Crippen molar-refractivity contribution in [3.63, 3.8) is 0 Å². The molecule has 3 heteroatoms. The maximum atomic E-state index is 10.9. The SMILES string of the molecule is CCC1CCCC1(O)c1cc2cc(Cl)ccc2o1. The van der Waals surface area contributed by atoms with Crippen LogP contribution in [0.3, 0.4) is 0 Å². The van der Waals surface area contributed by atoms with Crippen LogP contribution in [0, 0.1) is 5.92 Å². The van der Waals surface area contributed by atoms with Crippen molar-refractivity contribution in [2.75, 3.05) is 0 Å². The molecule has 1 saturated carbocycles. The standard InChI is InChI=1S/C15H17ClO2/c1-2-11-4-3-7-15(11,17)14-9-10-8-12(16)5-6-13(10)18-14/h5-6,8-9,11,17H,2-4,7H2,1H3. The fraction of sp³-hybridized carbons (Fsp3) is 0.467. The molecule has 0 radical (unpaired) electrons. The highest BCUT2D eigenvalue weighted by molar-refractivity contribution is 6.31.